The van der Waals surface area contributed by atoms with Gasteiger partial charge in [0.1, 0.15) is 0 Å². The second-order valence-electron chi connectivity index (χ2n) is 9.99. The van der Waals surface area contributed by atoms with E-state index in [9.17, 15) is 9.90 Å². The average Bonchev–Trinajstić information content (AvgIpc) is 2.67. The summed E-state index contributed by atoms with van der Waals surface area (Å²) in [5.74, 6) is -0.0799. The van der Waals surface area contributed by atoms with E-state index in [-0.39, 0.29) is 28.6 Å². The van der Waals surface area contributed by atoms with Gasteiger partial charge in [0.05, 0.1) is 17.3 Å². The molecule has 2 N–H and O–H groups in total. The zero-order chi connectivity index (χ0) is 22.4. The van der Waals surface area contributed by atoms with Crippen molar-refractivity contribution in [3.63, 3.8) is 0 Å². The topological polar surface area (TPSA) is 66.6 Å². The number of aromatic nitrogens is 1. The molecular formula is C26H31N3O2. The van der Waals surface area contributed by atoms with Gasteiger partial charge in [-0.2, -0.15) is 0 Å². The third kappa shape index (κ3) is 4.28. The van der Waals surface area contributed by atoms with Crippen molar-refractivity contribution in [3.05, 3.63) is 70.0 Å². The van der Waals surface area contributed by atoms with Crippen LogP contribution in [0, 0.1) is 6.92 Å². The third-order valence-electron chi connectivity index (χ3n) is 5.98. The number of aromatic hydroxyl groups is 1. The van der Waals surface area contributed by atoms with Crippen LogP contribution in [0.3, 0.4) is 0 Å². The summed E-state index contributed by atoms with van der Waals surface area (Å²) in [7, 11) is 0. The van der Waals surface area contributed by atoms with Gasteiger partial charge in [-0.1, -0.05) is 35.9 Å². The molecule has 31 heavy (non-hydrogen) atoms. The Hall–Kier alpha value is -2.92. The van der Waals surface area contributed by atoms with E-state index >= 15 is 0 Å². The predicted molar refractivity (Wildman–Crippen MR) is 128 cm³/mol. The Morgan fingerprint density at radius 3 is 2.19 bits per heavy atom. The molecule has 5 nitrogen and oxygen atoms in total. The minimum atomic E-state index is -0.238. The molecule has 162 valence electrons. The summed E-state index contributed by atoms with van der Waals surface area (Å²) in [6.45, 7) is 10.8. The number of fused-ring (bicyclic) bond motifs is 1. The first-order valence-corrected chi connectivity index (χ1v) is 10.8. The number of nitrogens with one attached hydrogen (secondary N) is 1. The maximum atomic E-state index is 13.2. The molecule has 1 fully saturated rings. The number of aliphatic imine (C=N–C) groups is 1. The second-order valence-corrected chi connectivity index (χ2v) is 9.99. The molecule has 2 heterocycles. The molecular weight excluding hydrogens is 386 g/mol. The zero-order valence-corrected chi connectivity index (χ0v) is 18.9. The molecule has 0 bridgehead atoms. The molecule has 0 unspecified atom stereocenters. The van der Waals surface area contributed by atoms with Crippen LogP contribution in [0.25, 0.3) is 16.5 Å². The van der Waals surface area contributed by atoms with Crippen molar-refractivity contribution < 1.29 is 5.11 Å². The van der Waals surface area contributed by atoms with E-state index in [0.29, 0.717) is 22.0 Å². The van der Waals surface area contributed by atoms with Crippen LogP contribution in [-0.4, -0.2) is 33.0 Å². The molecule has 3 aromatic rings. The summed E-state index contributed by atoms with van der Waals surface area (Å²) < 4.78 is 1.37. The van der Waals surface area contributed by atoms with Crippen LogP contribution >= 0.6 is 0 Å². The second kappa shape index (κ2) is 7.65. The molecule has 1 aliphatic heterocycles. The number of nitrogens with zero attached hydrogens (tertiary/aromatic N) is 2. The Kier molecular flexibility index (Phi) is 5.26. The summed E-state index contributed by atoms with van der Waals surface area (Å²) in [4.78, 5) is 18.1. The maximum Gasteiger partial charge on any atom is 0.265 e. The quantitative estimate of drug-likeness (QED) is 0.605. The van der Waals surface area contributed by atoms with E-state index in [1.807, 2.05) is 49.4 Å². The van der Waals surface area contributed by atoms with Gasteiger partial charge in [0.2, 0.25) is 5.88 Å². The molecule has 1 aliphatic rings. The first kappa shape index (κ1) is 21.3. The highest BCUT2D eigenvalue weighted by Crippen LogP contribution is 2.31. The first-order valence-electron chi connectivity index (χ1n) is 10.8. The normalized spacial score (nSPS) is 18.6. The van der Waals surface area contributed by atoms with Crippen LogP contribution in [0.4, 0.5) is 0 Å². The van der Waals surface area contributed by atoms with Gasteiger partial charge in [-0.15, -0.1) is 0 Å². The summed E-state index contributed by atoms with van der Waals surface area (Å²) in [5.41, 5.74) is 2.03. The fourth-order valence-electron chi connectivity index (χ4n) is 4.98. The molecule has 1 saturated heterocycles. The largest absolute Gasteiger partial charge is 0.494 e. The van der Waals surface area contributed by atoms with Crippen LogP contribution in [0.5, 0.6) is 5.88 Å². The molecule has 1 aromatic heterocycles. The molecule has 4 rings (SSSR count). The number of piperidine rings is 1. The van der Waals surface area contributed by atoms with Gasteiger partial charge >= 0.3 is 0 Å². The highest BCUT2D eigenvalue weighted by Gasteiger charge is 2.37. The van der Waals surface area contributed by atoms with Crippen LogP contribution in [0.15, 0.2) is 58.3 Å². The summed E-state index contributed by atoms with van der Waals surface area (Å²) >= 11 is 0. The van der Waals surface area contributed by atoms with Gasteiger partial charge in [-0.05, 0) is 65.7 Å². The first-order chi connectivity index (χ1) is 14.6. The van der Waals surface area contributed by atoms with Crippen molar-refractivity contribution in [2.45, 2.75) is 64.6 Å². The molecule has 5 heteroatoms. The lowest BCUT2D eigenvalue weighted by atomic mass is 9.80. The zero-order valence-electron chi connectivity index (χ0n) is 18.9. The summed E-state index contributed by atoms with van der Waals surface area (Å²) in [5, 5.41) is 16.1. The Morgan fingerprint density at radius 1 is 1.00 bits per heavy atom. The number of aryl methyl sites for hydroxylation is 1. The van der Waals surface area contributed by atoms with Gasteiger partial charge in [0.25, 0.3) is 5.56 Å². The molecule has 0 saturated carbocycles. The predicted octanol–water partition coefficient (Wildman–Crippen LogP) is 4.73. The van der Waals surface area contributed by atoms with E-state index < -0.39 is 0 Å². The third-order valence-corrected chi connectivity index (χ3v) is 5.98. The van der Waals surface area contributed by atoms with Gasteiger partial charge in [-0.3, -0.25) is 9.79 Å². The minimum absolute atomic E-state index is 0.0193. The highest BCUT2D eigenvalue weighted by atomic mass is 16.3. The molecule has 0 aliphatic carbocycles. The number of hydrogen-bond acceptors (Lipinski definition) is 4. The maximum absolute atomic E-state index is 13.2. The van der Waals surface area contributed by atoms with Crippen molar-refractivity contribution in [3.8, 4) is 11.6 Å². The highest BCUT2D eigenvalue weighted by molar-refractivity contribution is 6.01. The van der Waals surface area contributed by atoms with Crippen LogP contribution in [0.2, 0.25) is 0 Å². The number of rotatable bonds is 3. The van der Waals surface area contributed by atoms with Crippen LogP contribution < -0.4 is 10.9 Å². The fraction of sp³-hybridized carbons (Fsp3) is 0.385. The van der Waals surface area contributed by atoms with Gasteiger partial charge < -0.3 is 10.4 Å². The lowest BCUT2D eigenvalue weighted by Gasteiger charge is -2.45. The van der Waals surface area contributed by atoms with Crippen molar-refractivity contribution in [1.29, 1.82) is 0 Å². The molecule has 0 atom stereocenters. The van der Waals surface area contributed by atoms with Crippen molar-refractivity contribution in [2.24, 2.45) is 4.99 Å². The number of benzene rings is 2. The number of hydrogen-bond donors (Lipinski definition) is 2. The fourth-order valence-corrected chi connectivity index (χ4v) is 4.98. The van der Waals surface area contributed by atoms with Crippen LogP contribution in [-0.2, 0) is 0 Å². The van der Waals surface area contributed by atoms with E-state index in [1.54, 1.807) is 12.3 Å². The minimum Gasteiger partial charge on any atom is -0.494 e. The Labute approximate surface area is 183 Å². The van der Waals surface area contributed by atoms with E-state index in [1.165, 1.54) is 4.57 Å². The Bertz CT molecular complexity index is 1190. The van der Waals surface area contributed by atoms with Gasteiger partial charge in [0, 0.05) is 28.1 Å². The van der Waals surface area contributed by atoms with E-state index in [0.717, 1.165) is 18.4 Å². The van der Waals surface area contributed by atoms with Crippen molar-refractivity contribution >= 4 is 17.0 Å². The number of pyridine rings is 1. The standard InChI is InChI=1S/C26H31N3O2/c1-17-10-12-19(13-11-17)29-23(30)21-9-7-6-8-20(21)22(24(29)31)16-27-18-14-25(2,3)28-26(4,5)15-18/h6-13,16,18,28,31H,14-15H2,1-5H3. The molecule has 0 spiro atoms. The van der Waals surface area contributed by atoms with Gasteiger partial charge in [-0.25, -0.2) is 4.57 Å². The van der Waals surface area contributed by atoms with Crippen LogP contribution in [0.1, 0.15) is 51.7 Å². The summed E-state index contributed by atoms with van der Waals surface area (Å²) in [6, 6.07) is 15.1. The monoisotopic (exact) mass is 417 g/mol. The van der Waals surface area contributed by atoms with E-state index in [4.69, 9.17) is 4.99 Å². The molecule has 0 amide bonds. The summed E-state index contributed by atoms with van der Waals surface area (Å²) in [6.07, 6.45) is 3.57. The lowest BCUT2D eigenvalue weighted by molar-refractivity contribution is 0.164. The lowest BCUT2D eigenvalue weighted by Crippen LogP contribution is -2.58. The van der Waals surface area contributed by atoms with Crippen molar-refractivity contribution in [1.82, 2.24) is 9.88 Å². The average molecular weight is 418 g/mol. The Morgan fingerprint density at radius 2 is 1.58 bits per heavy atom. The molecule has 0 radical (unpaired) electrons. The Balaban J connectivity index is 1.85. The smallest absolute Gasteiger partial charge is 0.265 e. The van der Waals surface area contributed by atoms with Crippen molar-refractivity contribution in [2.75, 3.05) is 0 Å². The SMILES string of the molecule is Cc1ccc(-n2c(O)c(C=NC3CC(C)(C)NC(C)(C)C3)c3ccccc3c2=O)cc1. The molecule has 2 aromatic carbocycles. The van der Waals surface area contributed by atoms with Gasteiger partial charge in [0.15, 0.2) is 0 Å². The van der Waals surface area contributed by atoms with E-state index in [2.05, 4.69) is 33.0 Å².